The molecule has 6 heteroatoms. The molecule has 19 heavy (non-hydrogen) atoms. The number of ether oxygens (including phenoxy) is 1. The first-order chi connectivity index (χ1) is 9.11. The van der Waals surface area contributed by atoms with Crippen molar-refractivity contribution >= 4 is 11.3 Å². The van der Waals surface area contributed by atoms with Gasteiger partial charge >= 0.3 is 6.61 Å². The molecule has 0 aliphatic heterocycles. The third kappa shape index (κ3) is 3.27. The van der Waals surface area contributed by atoms with Crippen LogP contribution < -0.4 is 10.5 Å². The zero-order valence-electron chi connectivity index (χ0n) is 10.3. The predicted octanol–water partition coefficient (Wildman–Crippen LogP) is 3.47. The number of thiazole rings is 1. The smallest absolute Gasteiger partial charge is 0.387 e. The molecule has 0 radical (unpaired) electrons. The molecular formula is C13H14F2N2OS. The summed E-state index contributed by atoms with van der Waals surface area (Å²) in [6, 6.07) is 6.63. The van der Waals surface area contributed by atoms with Crippen LogP contribution in [0.3, 0.4) is 0 Å². The highest BCUT2D eigenvalue weighted by Gasteiger charge is 2.15. The number of rotatable bonds is 5. The van der Waals surface area contributed by atoms with E-state index >= 15 is 0 Å². The lowest BCUT2D eigenvalue weighted by Gasteiger charge is -2.08. The molecule has 1 atom stereocenters. The summed E-state index contributed by atoms with van der Waals surface area (Å²) in [5.41, 5.74) is 6.79. The van der Waals surface area contributed by atoms with Crippen LogP contribution in [-0.4, -0.2) is 18.1 Å². The molecule has 2 N–H and O–H groups in total. The Labute approximate surface area is 114 Å². The number of benzene rings is 1. The monoisotopic (exact) mass is 284 g/mol. The summed E-state index contributed by atoms with van der Waals surface area (Å²) >= 11 is 1.47. The maximum atomic E-state index is 12.3. The largest absolute Gasteiger partial charge is 0.434 e. The number of para-hydroxylation sites is 1. The number of aromatic nitrogens is 1. The van der Waals surface area contributed by atoms with Crippen LogP contribution in [0.25, 0.3) is 11.3 Å². The Kier molecular flexibility index (Phi) is 4.44. The quantitative estimate of drug-likeness (QED) is 0.914. The van der Waals surface area contributed by atoms with Gasteiger partial charge in [0.15, 0.2) is 0 Å². The molecule has 1 aromatic heterocycles. The van der Waals surface area contributed by atoms with Crippen LogP contribution in [0.15, 0.2) is 29.6 Å². The van der Waals surface area contributed by atoms with E-state index in [-0.39, 0.29) is 11.7 Å². The average Bonchev–Trinajstić information content (AvgIpc) is 2.87. The van der Waals surface area contributed by atoms with Crippen molar-refractivity contribution in [2.45, 2.75) is 19.5 Å². The van der Waals surface area contributed by atoms with Crippen molar-refractivity contribution in [2.75, 3.05) is 6.54 Å². The maximum absolute atomic E-state index is 12.3. The molecule has 1 aromatic carbocycles. The van der Waals surface area contributed by atoms with Gasteiger partial charge in [0.1, 0.15) is 5.75 Å². The molecule has 0 bridgehead atoms. The van der Waals surface area contributed by atoms with Crippen LogP contribution >= 0.6 is 11.3 Å². The van der Waals surface area contributed by atoms with E-state index in [0.717, 1.165) is 5.01 Å². The number of hydrogen-bond donors (Lipinski definition) is 1. The van der Waals surface area contributed by atoms with Gasteiger partial charge in [-0.05, 0) is 12.1 Å². The predicted molar refractivity (Wildman–Crippen MR) is 71.7 cm³/mol. The van der Waals surface area contributed by atoms with Crippen LogP contribution in [0.2, 0.25) is 0 Å². The van der Waals surface area contributed by atoms with Gasteiger partial charge in [0.05, 0.1) is 10.7 Å². The molecular weight excluding hydrogens is 270 g/mol. The average molecular weight is 284 g/mol. The number of nitrogens with zero attached hydrogens (tertiary/aromatic N) is 1. The van der Waals surface area contributed by atoms with E-state index in [1.165, 1.54) is 17.4 Å². The highest BCUT2D eigenvalue weighted by Crippen LogP contribution is 2.33. The van der Waals surface area contributed by atoms with E-state index < -0.39 is 6.61 Å². The molecule has 3 nitrogen and oxygen atoms in total. The number of halogens is 2. The third-order valence-electron chi connectivity index (χ3n) is 2.68. The fraction of sp³-hybridized carbons (Fsp3) is 0.308. The normalized spacial score (nSPS) is 12.7. The molecule has 0 spiro atoms. The summed E-state index contributed by atoms with van der Waals surface area (Å²) in [4.78, 5) is 4.43. The number of nitrogens with two attached hydrogens (primary N) is 1. The third-order valence-corrected chi connectivity index (χ3v) is 3.75. The SMILES string of the molecule is CC(CN)c1nc(-c2ccccc2OC(F)F)cs1. The molecule has 1 unspecified atom stereocenters. The standard InChI is InChI=1S/C13H14F2N2OS/c1-8(6-16)12-17-10(7-19-12)9-4-2-3-5-11(9)18-13(14)15/h2-5,7-8,13H,6,16H2,1H3. The molecule has 0 saturated carbocycles. The Morgan fingerprint density at radius 3 is 2.79 bits per heavy atom. The number of alkyl halides is 2. The lowest BCUT2D eigenvalue weighted by molar-refractivity contribution is -0.0494. The van der Waals surface area contributed by atoms with Gasteiger partial charge in [-0.3, -0.25) is 0 Å². The molecule has 0 aliphatic rings. The van der Waals surface area contributed by atoms with Gasteiger partial charge in [-0.1, -0.05) is 19.1 Å². The van der Waals surface area contributed by atoms with Gasteiger partial charge < -0.3 is 10.5 Å². The molecule has 2 rings (SSSR count). The zero-order valence-corrected chi connectivity index (χ0v) is 11.2. The second kappa shape index (κ2) is 6.08. The molecule has 1 heterocycles. The molecule has 0 amide bonds. The minimum absolute atomic E-state index is 0.134. The maximum Gasteiger partial charge on any atom is 0.387 e. The Balaban J connectivity index is 2.33. The summed E-state index contributed by atoms with van der Waals surface area (Å²) < 4.78 is 29.2. The lowest BCUT2D eigenvalue weighted by Crippen LogP contribution is -2.08. The van der Waals surface area contributed by atoms with Crippen molar-refractivity contribution in [2.24, 2.45) is 5.73 Å². The van der Waals surface area contributed by atoms with Gasteiger partial charge in [-0.25, -0.2) is 4.98 Å². The summed E-state index contributed by atoms with van der Waals surface area (Å²) in [5, 5.41) is 2.72. The van der Waals surface area contributed by atoms with Crippen molar-refractivity contribution < 1.29 is 13.5 Å². The van der Waals surface area contributed by atoms with Gasteiger partial charge in [0, 0.05) is 23.4 Å². The van der Waals surface area contributed by atoms with E-state index in [1.807, 2.05) is 12.3 Å². The Morgan fingerprint density at radius 1 is 1.37 bits per heavy atom. The number of hydrogen-bond acceptors (Lipinski definition) is 4. The summed E-state index contributed by atoms with van der Waals surface area (Å²) in [6.07, 6.45) is 0. The highest BCUT2D eigenvalue weighted by molar-refractivity contribution is 7.10. The van der Waals surface area contributed by atoms with Crippen LogP contribution in [0.4, 0.5) is 8.78 Å². The minimum Gasteiger partial charge on any atom is -0.434 e. The minimum atomic E-state index is -2.85. The van der Waals surface area contributed by atoms with Crippen LogP contribution in [0.1, 0.15) is 17.8 Å². The molecule has 0 fully saturated rings. The van der Waals surface area contributed by atoms with E-state index in [2.05, 4.69) is 9.72 Å². The second-order valence-corrected chi connectivity index (χ2v) is 4.97. The first kappa shape index (κ1) is 13.9. The Hall–Kier alpha value is -1.53. The first-order valence-electron chi connectivity index (χ1n) is 5.81. The van der Waals surface area contributed by atoms with E-state index in [1.54, 1.807) is 18.2 Å². The zero-order chi connectivity index (χ0) is 13.8. The second-order valence-electron chi connectivity index (χ2n) is 4.08. The van der Waals surface area contributed by atoms with Gasteiger partial charge in [0.2, 0.25) is 0 Å². The topological polar surface area (TPSA) is 48.1 Å². The Bertz CT molecular complexity index is 545. The summed E-state index contributed by atoms with van der Waals surface area (Å²) in [6.45, 7) is -0.367. The fourth-order valence-corrected chi connectivity index (χ4v) is 2.51. The molecule has 102 valence electrons. The summed E-state index contributed by atoms with van der Waals surface area (Å²) in [7, 11) is 0. The van der Waals surface area contributed by atoms with E-state index in [9.17, 15) is 8.78 Å². The van der Waals surface area contributed by atoms with Gasteiger partial charge in [0.25, 0.3) is 0 Å². The van der Waals surface area contributed by atoms with Crippen molar-refractivity contribution in [1.82, 2.24) is 4.98 Å². The van der Waals surface area contributed by atoms with Crippen molar-refractivity contribution in [3.05, 3.63) is 34.7 Å². The lowest BCUT2D eigenvalue weighted by atomic mass is 10.1. The molecule has 0 aliphatic carbocycles. The van der Waals surface area contributed by atoms with Crippen molar-refractivity contribution in [3.63, 3.8) is 0 Å². The van der Waals surface area contributed by atoms with Crippen LogP contribution in [0, 0.1) is 0 Å². The first-order valence-corrected chi connectivity index (χ1v) is 6.69. The van der Waals surface area contributed by atoms with Crippen LogP contribution in [-0.2, 0) is 0 Å². The van der Waals surface area contributed by atoms with Crippen molar-refractivity contribution in [3.8, 4) is 17.0 Å². The molecule has 0 saturated heterocycles. The Morgan fingerprint density at radius 2 is 2.11 bits per heavy atom. The highest BCUT2D eigenvalue weighted by atomic mass is 32.1. The summed E-state index contributed by atoms with van der Waals surface area (Å²) in [5.74, 6) is 0.289. The van der Waals surface area contributed by atoms with E-state index in [0.29, 0.717) is 17.8 Å². The van der Waals surface area contributed by atoms with Gasteiger partial charge in [-0.2, -0.15) is 8.78 Å². The molecule has 2 aromatic rings. The van der Waals surface area contributed by atoms with Crippen molar-refractivity contribution in [1.29, 1.82) is 0 Å². The van der Waals surface area contributed by atoms with Crippen LogP contribution in [0.5, 0.6) is 5.75 Å². The van der Waals surface area contributed by atoms with Gasteiger partial charge in [-0.15, -0.1) is 11.3 Å². The fourth-order valence-electron chi connectivity index (χ4n) is 1.62. The van der Waals surface area contributed by atoms with E-state index in [4.69, 9.17) is 5.73 Å².